The van der Waals surface area contributed by atoms with Crippen molar-refractivity contribution in [1.29, 1.82) is 0 Å². The molecule has 0 bridgehead atoms. The van der Waals surface area contributed by atoms with Gasteiger partial charge in [-0.25, -0.2) is 8.42 Å². The van der Waals surface area contributed by atoms with Gasteiger partial charge in [-0.1, -0.05) is 35.9 Å². The van der Waals surface area contributed by atoms with Crippen LogP contribution < -0.4 is 14.8 Å². The van der Waals surface area contributed by atoms with Gasteiger partial charge in [0.15, 0.2) is 6.61 Å². The lowest BCUT2D eigenvalue weighted by Gasteiger charge is -2.13. The number of amides is 1. The molecule has 3 rings (SSSR count). The van der Waals surface area contributed by atoms with Gasteiger partial charge in [-0.15, -0.1) is 0 Å². The maximum Gasteiger partial charge on any atom is 0.262 e. The molecule has 0 saturated carbocycles. The average Bonchev–Trinajstić information content (AvgIpc) is 2.70. The fourth-order valence-electron chi connectivity index (χ4n) is 3.21. The molecule has 0 radical (unpaired) electrons. The van der Waals surface area contributed by atoms with Gasteiger partial charge in [-0.2, -0.15) is 0 Å². The molecule has 7 heteroatoms. The normalized spacial score (nSPS) is 11.1. The molecule has 0 aliphatic carbocycles. The van der Waals surface area contributed by atoms with E-state index < -0.39 is 10.0 Å². The number of nitrogens with one attached hydrogen (secondary N) is 2. The highest BCUT2D eigenvalue weighted by Crippen LogP contribution is 2.23. The molecular formula is C24H26N2O4S. The molecule has 0 aromatic heterocycles. The topological polar surface area (TPSA) is 84.5 Å². The van der Waals surface area contributed by atoms with Gasteiger partial charge in [0.2, 0.25) is 0 Å². The predicted molar refractivity (Wildman–Crippen MR) is 123 cm³/mol. The van der Waals surface area contributed by atoms with Crippen LogP contribution in [0.4, 0.5) is 11.4 Å². The van der Waals surface area contributed by atoms with Crippen LogP contribution in [0.1, 0.15) is 22.3 Å². The summed E-state index contributed by atoms with van der Waals surface area (Å²) in [5.41, 5.74) is 4.84. The van der Waals surface area contributed by atoms with Crippen LogP contribution in [0.3, 0.4) is 0 Å². The highest BCUT2D eigenvalue weighted by molar-refractivity contribution is 7.92. The lowest BCUT2D eigenvalue weighted by molar-refractivity contribution is -0.118. The number of ether oxygens (including phenoxy) is 1. The number of benzene rings is 3. The van der Waals surface area contributed by atoms with E-state index >= 15 is 0 Å². The summed E-state index contributed by atoms with van der Waals surface area (Å²) in [5, 5.41) is 2.72. The molecule has 3 aromatic rings. The van der Waals surface area contributed by atoms with Crippen molar-refractivity contribution in [2.45, 2.75) is 32.6 Å². The maximum atomic E-state index is 12.7. The zero-order valence-electron chi connectivity index (χ0n) is 18.0. The molecule has 0 unspecified atom stereocenters. The first-order chi connectivity index (χ1) is 14.7. The average molecular weight is 439 g/mol. The van der Waals surface area contributed by atoms with Gasteiger partial charge >= 0.3 is 0 Å². The third-order valence-electron chi connectivity index (χ3n) is 4.83. The Balaban J connectivity index is 1.63. The summed E-state index contributed by atoms with van der Waals surface area (Å²) in [7, 11) is -3.74. The highest BCUT2D eigenvalue weighted by atomic mass is 32.2. The van der Waals surface area contributed by atoms with Crippen LogP contribution in [0.25, 0.3) is 0 Å². The minimum absolute atomic E-state index is 0.109. The van der Waals surface area contributed by atoms with Gasteiger partial charge in [0.1, 0.15) is 5.75 Å². The number of sulfonamides is 1. The van der Waals surface area contributed by atoms with E-state index in [-0.39, 0.29) is 17.4 Å². The minimum Gasteiger partial charge on any atom is -0.483 e. The Bertz CT molecular complexity index is 1180. The van der Waals surface area contributed by atoms with Crippen molar-refractivity contribution >= 4 is 27.3 Å². The van der Waals surface area contributed by atoms with Crippen LogP contribution in [0.15, 0.2) is 65.6 Å². The number of hydrogen-bond acceptors (Lipinski definition) is 4. The van der Waals surface area contributed by atoms with E-state index in [0.29, 0.717) is 17.1 Å². The number of aryl methyl sites for hydroxylation is 4. The molecule has 3 aromatic carbocycles. The molecule has 0 atom stereocenters. The lowest BCUT2D eigenvalue weighted by Crippen LogP contribution is -2.20. The Morgan fingerprint density at radius 1 is 0.871 bits per heavy atom. The van der Waals surface area contributed by atoms with Gasteiger partial charge in [-0.3, -0.25) is 9.52 Å². The molecular weight excluding hydrogens is 412 g/mol. The van der Waals surface area contributed by atoms with Crippen molar-refractivity contribution in [2.75, 3.05) is 16.6 Å². The summed E-state index contributed by atoms with van der Waals surface area (Å²) >= 11 is 0. The number of hydrogen-bond donors (Lipinski definition) is 2. The van der Waals surface area contributed by atoms with Gasteiger partial charge in [-0.05, 0) is 74.7 Å². The smallest absolute Gasteiger partial charge is 0.262 e. The van der Waals surface area contributed by atoms with Gasteiger partial charge in [0.25, 0.3) is 15.9 Å². The maximum absolute atomic E-state index is 12.7. The Kier molecular flexibility index (Phi) is 6.65. The summed E-state index contributed by atoms with van der Waals surface area (Å²) in [6.07, 6.45) is 0. The highest BCUT2D eigenvalue weighted by Gasteiger charge is 2.16. The number of carbonyl (C=O) groups excluding carboxylic acids is 1. The Hall–Kier alpha value is -3.32. The van der Waals surface area contributed by atoms with E-state index in [9.17, 15) is 13.2 Å². The molecule has 2 N–H and O–H groups in total. The summed E-state index contributed by atoms with van der Waals surface area (Å²) < 4.78 is 33.6. The number of carbonyl (C=O) groups is 1. The van der Waals surface area contributed by atoms with E-state index in [0.717, 1.165) is 22.3 Å². The monoisotopic (exact) mass is 438 g/mol. The first-order valence-electron chi connectivity index (χ1n) is 9.85. The minimum atomic E-state index is -3.74. The third-order valence-corrected chi connectivity index (χ3v) is 6.21. The summed E-state index contributed by atoms with van der Waals surface area (Å²) in [6, 6.07) is 17.3. The van der Waals surface area contributed by atoms with Crippen LogP contribution in [0, 0.1) is 27.7 Å². The molecule has 162 valence electrons. The Labute approximate surface area is 183 Å². The SMILES string of the molecule is Cc1ccc(NS(=O)(=O)c2ccc(NC(=O)COc3c(C)cccc3C)cc2)c(C)c1. The lowest BCUT2D eigenvalue weighted by atomic mass is 10.1. The Morgan fingerprint density at radius 2 is 1.52 bits per heavy atom. The molecule has 1 amide bonds. The van der Waals surface area contributed by atoms with Crippen LogP contribution >= 0.6 is 0 Å². The largest absolute Gasteiger partial charge is 0.483 e. The van der Waals surface area contributed by atoms with Crippen molar-refractivity contribution in [3.8, 4) is 5.75 Å². The molecule has 0 aliphatic heterocycles. The number of anilines is 2. The molecule has 0 aliphatic rings. The second-order valence-electron chi connectivity index (χ2n) is 7.51. The fourth-order valence-corrected chi connectivity index (χ4v) is 4.34. The standard InChI is InChI=1S/C24H26N2O4S/c1-16-8-13-22(19(4)14-16)26-31(28,29)21-11-9-20(10-12-21)25-23(27)15-30-24-17(2)6-5-7-18(24)3/h5-14,26H,15H2,1-4H3,(H,25,27). The van der Waals surface area contributed by atoms with Gasteiger partial charge in [0, 0.05) is 5.69 Å². The molecule has 6 nitrogen and oxygen atoms in total. The van der Waals surface area contributed by atoms with E-state index in [1.807, 2.05) is 58.0 Å². The first-order valence-corrected chi connectivity index (χ1v) is 11.3. The van der Waals surface area contributed by atoms with Crippen molar-refractivity contribution in [2.24, 2.45) is 0 Å². The van der Waals surface area contributed by atoms with Crippen LogP contribution in [0.5, 0.6) is 5.75 Å². The van der Waals surface area contributed by atoms with Crippen LogP contribution in [-0.4, -0.2) is 20.9 Å². The van der Waals surface area contributed by atoms with Crippen molar-refractivity contribution in [1.82, 2.24) is 0 Å². The first kappa shape index (κ1) is 22.4. The zero-order valence-corrected chi connectivity index (χ0v) is 18.8. The van der Waals surface area contributed by atoms with Crippen LogP contribution in [0.2, 0.25) is 0 Å². The fraction of sp³-hybridized carbons (Fsp3) is 0.208. The third kappa shape index (κ3) is 5.64. The summed E-state index contributed by atoms with van der Waals surface area (Å²) in [5.74, 6) is 0.364. The quantitative estimate of drug-likeness (QED) is 0.558. The molecule has 0 spiro atoms. The predicted octanol–water partition coefficient (Wildman–Crippen LogP) is 4.74. The molecule has 0 fully saturated rings. The van der Waals surface area contributed by atoms with Crippen LogP contribution in [-0.2, 0) is 14.8 Å². The van der Waals surface area contributed by atoms with Crippen molar-refractivity contribution < 1.29 is 17.9 Å². The summed E-state index contributed by atoms with van der Waals surface area (Å²) in [6.45, 7) is 7.51. The van der Waals surface area contributed by atoms with Crippen molar-refractivity contribution in [3.05, 3.63) is 82.9 Å². The molecule has 31 heavy (non-hydrogen) atoms. The Morgan fingerprint density at radius 3 is 2.13 bits per heavy atom. The summed E-state index contributed by atoms with van der Waals surface area (Å²) in [4.78, 5) is 12.3. The number of rotatable bonds is 7. The second kappa shape index (κ2) is 9.22. The van der Waals surface area contributed by atoms with Gasteiger partial charge < -0.3 is 10.1 Å². The van der Waals surface area contributed by atoms with E-state index in [1.54, 1.807) is 18.2 Å². The van der Waals surface area contributed by atoms with E-state index in [4.69, 9.17) is 4.74 Å². The molecule has 0 saturated heterocycles. The molecule has 0 heterocycles. The zero-order chi connectivity index (χ0) is 22.6. The van der Waals surface area contributed by atoms with Gasteiger partial charge in [0.05, 0.1) is 10.6 Å². The second-order valence-corrected chi connectivity index (χ2v) is 9.19. The van der Waals surface area contributed by atoms with E-state index in [2.05, 4.69) is 10.0 Å². The van der Waals surface area contributed by atoms with E-state index in [1.165, 1.54) is 12.1 Å². The van der Waals surface area contributed by atoms with Crippen molar-refractivity contribution in [3.63, 3.8) is 0 Å². The number of para-hydroxylation sites is 1.